The number of hydrogen-bond donors (Lipinski definition) is 1. The van der Waals surface area contributed by atoms with Crippen LogP contribution in [-0.2, 0) is 19.1 Å². The molecule has 4 rings (SSSR count). The van der Waals surface area contributed by atoms with Crippen molar-refractivity contribution in [1.82, 2.24) is 5.32 Å². The second-order valence-corrected chi connectivity index (χ2v) is 7.55. The first-order valence-electron chi connectivity index (χ1n) is 9.51. The van der Waals surface area contributed by atoms with E-state index < -0.39 is 0 Å². The first-order chi connectivity index (χ1) is 12.6. The molecule has 1 N–H and O–H groups in total. The molecule has 0 aromatic heterocycles. The number of benzene rings is 1. The molecule has 1 spiro atoms. The second kappa shape index (κ2) is 7.00. The van der Waals surface area contributed by atoms with Gasteiger partial charge >= 0.3 is 0 Å². The number of piperidine rings is 1. The van der Waals surface area contributed by atoms with Crippen molar-refractivity contribution in [2.45, 2.75) is 56.3 Å². The average Bonchev–Trinajstić information content (AvgIpc) is 3.10. The monoisotopic (exact) mass is 358 g/mol. The number of imide groups is 1. The minimum atomic E-state index is -0.336. The molecular formula is C20H26N2O4. The van der Waals surface area contributed by atoms with Crippen LogP contribution in [0.15, 0.2) is 24.3 Å². The molecule has 6 heteroatoms. The van der Waals surface area contributed by atoms with E-state index in [1.165, 1.54) is 5.56 Å². The van der Waals surface area contributed by atoms with E-state index in [1.54, 1.807) is 0 Å². The highest BCUT2D eigenvalue weighted by atomic mass is 16.7. The molecule has 2 aliphatic heterocycles. The third-order valence-electron chi connectivity index (χ3n) is 5.99. The van der Waals surface area contributed by atoms with E-state index in [9.17, 15) is 9.59 Å². The highest BCUT2D eigenvalue weighted by Gasteiger charge is 2.40. The van der Waals surface area contributed by atoms with Crippen molar-refractivity contribution >= 4 is 17.5 Å². The van der Waals surface area contributed by atoms with Gasteiger partial charge in [-0.05, 0) is 42.9 Å². The Morgan fingerprint density at radius 1 is 1.12 bits per heavy atom. The van der Waals surface area contributed by atoms with E-state index in [2.05, 4.69) is 23.5 Å². The number of anilines is 1. The summed E-state index contributed by atoms with van der Waals surface area (Å²) in [7, 11) is 1.93. The minimum absolute atomic E-state index is 0.180. The molecule has 0 unspecified atom stereocenters. The molecular weight excluding hydrogens is 332 g/mol. The first-order valence-corrected chi connectivity index (χ1v) is 9.51. The summed E-state index contributed by atoms with van der Waals surface area (Å²) in [5.41, 5.74) is 2.32. The van der Waals surface area contributed by atoms with Gasteiger partial charge in [-0.3, -0.25) is 14.9 Å². The second-order valence-electron chi connectivity index (χ2n) is 7.55. The van der Waals surface area contributed by atoms with E-state index in [4.69, 9.17) is 9.47 Å². The molecule has 0 bridgehead atoms. The average molecular weight is 358 g/mol. The van der Waals surface area contributed by atoms with E-state index in [1.807, 2.05) is 18.0 Å². The van der Waals surface area contributed by atoms with E-state index >= 15 is 0 Å². The SMILES string of the molecule is CN(c1cccc(C2CCC3(CC2)OCCO3)c1)[C@H]1CCC(=O)NC1=O. The summed E-state index contributed by atoms with van der Waals surface area (Å²) in [6.07, 6.45) is 4.92. The maximum absolute atomic E-state index is 12.1. The molecule has 2 heterocycles. The topological polar surface area (TPSA) is 67.9 Å². The van der Waals surface area contributed by atoms with Gasteiger partial charge in [0.25, 0.3) is 0 Å². The molecule has 1 atom stereocenters. The zero-order valence-corrected chi connectivity index (χ0v) is 15.2. The number of amides is 2. The van der Waals surface area contributed by atoms with Gasteiger partial charge in [-0.25, -0.2) is 0 Å². The molecule has 1 aromatic carbocycles. The predicted octanol–water partition coefficient (Wildman–Crippen LogP) is 2.33. The molecule has 26 heavy (non-hydrogen) atoms. The Balaban J connectivity index is 1.45. The fraction of sp³-hybridized carbons (Fsp3) is 0.600. The van der Waals surface area contributed by atoms with Crippen LogP contribution in [0.5, 0.6) is 0 Å². The Morgan fingerprint density at radius 3 is 2.54 bits per heavy atom. The smallest absolute Gasteiger partial charge is 0.249 e. The Hall–Kier alpha value is -1.92. The van der Waals surface area contributed by atoms with Crippen LogP contribution >= 0.6 is 0 Å². The molecule has 6 nitrogen and oxygen atoms in total. The highest BCUT2D eigenvalue weighted by Crippen LogP contribution is 2.42. The number of carbonyl (C=O) groups is 2. The summed E-state index contributed by atoms with van der Waals surface area (Å²) in [6.45, 7) is 1.41. The minimum Gasteiger partial charge on any atom is -0.363 e. The number of nitrogens with one attached hydrogen (secondary N) is 1. The molecule has 140 valence electrons. The maximum Gasteiger partial charge on any atom is 0.249 e. The molecule has 2 saturated heterocycles. The predicted molar refractivity (Wildman–Crippen MR) is 96.9 cm³/mol. The van der Waals surface area contributed by atoms with Crippen LogP contribution in [0.2, 0.25) is 0 Å². The zero-order chi connectivity index (χ0) is 18.1. The summed E-state index contributed by atoms with van der Waals surface area (Å²) in [6, 6.07) is 8.14. The van der Waals surface area contributed by atoms with E-state index in [0.29, 0.717) is 32.0 Å². The molecule has 1 aliphatic carbocycles. The Labute approximate surface area is 153 Å². The molecule has 2 amide bonds. The number of hydrogen-bond acceptors (Lipinski definition) is 5. The molecule has 1 saturated carbocycles. The Morgan fingerprint density at radius 2 is 1.85 bits per heavy atom. The number of carbonyl (C=O) groups excluding carboxylic acids is 2. The number of likely N-dealkylation sites (N-methyl/N-ethyl adjacent to an activating group) is 1. The highest BCUT2D eigenvalue weighted by molar-refractivity contribution is 6.01. The standard InChI is InChI=1S/C20H26N2O4/c1-22(17-5-6-18(23)21-19(17)24)16-4-2-3-15(13-16)14-7-9-20(10-8-14)25-11-12-26-20/h2-4,13-14,17H,5-12H2,1H3,(H,21,23,24)/t17-/m0/s1. The first kappa shape index (κ1) is 17.5. The van der Waals surface area contributed by atoms with Crippen LogP contribution in [0.4, 0.5) is 5.69 Å². The lowest BCUT2D eigenvalue weighted by atomic mass is 9.81. The van der Waals surface area contributed by atoms with Crippen molar-refractivity contribution in [3.8, 4) is 0 Å². The Kier molecular flexibility index (Phi) is 4.71. The van der Waals surface area contributed by atoms with E-state index in [-0.39, 0.29) is 23.6 Å². The maximum atomic E-state index is 12.1. The third kappa shape index (κ3) is 3.35. The summed E-state index contributed by atoms with van der Waals surface area (Å²) in [5, 5.41) is 2.44. The summed E-state index contributed by atoms with van der Waals surface area (Å²) >= 11 is 0. The van der Waals surface area contributed by atoms with Crippen LogP contribution in [0.3, 0.4) is 0 Å². The van der Waals surface area contributed by atoms with Gasteiger partial charge in [0.2, 0.25) is 11.8 Å². The van der Waals surface area contributed by atoms with Crippen LogP contribution < -0.4 is 10.2 Å². The van der Waals surface area contributed by atoms with Crippen LogP contribution in [0.25, 0.3) is 0 Å². The number of nitrogens with zero attached hydrogens (tertiary/aromatic N) is 1. The lowest BCUT2D eigenvalue weighted by Gasteiger charge is -2.36. The summed E-state index contributed by atoms with van der Waals surface area (Å²) in [4.78, 5) is 25.5. The van der Waals surface area contributed by atoms with Gasteiger partial charge < -0.3 is 14.4 Å². The molecule has 3 fully saturated rings. The van der Waals surface area contributed by atoms with Crippen molar-refractivity contribution in [2.75, 3.05) is 25.2 Å². The number of ether oxygens (including phenoxy) is 2. The lowest BCUT2D eigenvalue weighted by molar-refractivity contribution is -0.178. The van der Waals surface area contributed by atoms with Crippen molar-refractivity contribution in [1.29, 1.82) is 0 Å². The fourth-order valence-corrected chi connectivity index (χ4v) is 4.41. The van der Waals surface area contributed by atoms with Crippen molar-refractivity contribution in [2.24, 2.45) is 0 Å². The summed E-state index contributed by atoms with van der Waals surface area (Å²) < 4.78 is 11.6. The zero-order valence-electron chi connectivity index (χ0n) is 15.2. The Bertz CT molecular complexity index is 689. The van der Waals surface area contributed by atoms with Gasteiger partial charge in [0.05, 0.1) is 13.2 Å². The van der Waals surface area contributed by atoms with Crippen LogP contribution in [0, 0.1) is 0 Å². The third-order valence-corrected chi connectivity index (χ3v) is 5.99. The molecule has 3 aliphatic rings. The number of rotatable bonds is 3. The van der Waals surface area contributed by atoms with Gasteiger partial charge in [0.15, 0.2) is 5.79 Å². The normalized spacial score (nSPS) is 26.1. The van der Waals surface area contributed by atoms with Crippen molar-refractivity contribution < 1.29 is 19.1 Å². The van der Waals surface area contributed by atoms with Gasteiger partial charge in [-0.2, -0.15) is 0 Å². The largest absolute Gasteiger partial charge is 0.363 e. The van der Waals surface area contributed by atoms with Crippen LogP contribution in [0.1, 0.15) is 50.0 Å². The fourth-order valence-electron chi connectivity index (χ4n) is 4.41. The van der Waals surface area contributed by atoms with Crippen molar-refractivity contribution in [3.63, 3.8) is 0 Å². The molecule has 0 radical (unpaired) electrons. The summed E-state index contributed by atoms with van der Waals surface area (Å²) in [5.74, 6) is -0.230. The van der Waals surface area contributed by atoms with E-state index in [0.717, 1.165) is 31.4 Å². The lowest BCUT2D eigenvalue weighted by Crippen LogP contribution is -2.51. The molecule has 1 aromatic rings. The van der Waals surface area contributed by atoms with Crippen molar-refractivity contribution in [3.05, 3.63) is 29.8 Å². The quantitative estimate of drug-likeness (QED) is 0.840. The van der Waals surface area contributed by atoms with Gasteiger partial charge in [0, 0.05) is 32.0 Å². The van der Waals surface area contributed by atoms with Gasteiger partial charge in [-0.1, -0.05) is 12.1 Å². The van der Waals surface area contributed by atoms with Crippen LogP contribution in [-0.4, -0.2) is 43.9 Å². The van der Waals surface area contributed by atoms with Gasteiger partial charge in [-0.15, -0.1) is 0 Å². The van der Waals surface area contributed by atoms with Gasteiger partial charge in [0.1, 0.15) is 6.04 Å².